The molecule has 1 N–H and O–H groups in total. The maximum absolute atomic E-state index is 9.10. The van der Waals surface area contributed by atoms with Crippen LogP contribution in [0.25, 0.3) is 0 Å². The molecule has 1 atom stereocenters. The first-order valence-electron chi connectivity index (χ1n) is 6.77. The highest BCUT2D eigenvalue weighted by Crippen LogP contribution is 2.31. The summed E-state index contributed by atoms with van der Waals surface area (Å²) < 4.78 is 1.93. The summed E-state index contributed by atoms with van der Waals surface area (Å²) in [7, 11) is 0. The first-order chi connectivity index (χ1) is 9.20. The molecule has 1 aliphatic rings. The van der Waals surface area contributed by atoms with Gasteiger partial charge in [-0.1, -0.05) is 24.6 Å². The molecule has 1 aliphatic carbocycles. The summed E-state index contributed by atoms with van der Waals surface area (Å²) in [5.41, 5.74) is 0. The highest BCUT2D eigenvalue weighted by molar-refractivity contribution is 7.99. The third kappa shape index (κ3) is 3.91. The van der Waals surface area contributed by atoms with Gasteiger partial charge in [0.25, 0.3) is 0 Å². The Hall–Kier alpha value is -1.13. The molecule has 0 bridgehead atoms. The number of aromatic nitrogens is 4. The summed E-state index contributed by atoms with van der Waals surface area (Å²) in [6, 6.07) is 2.85. The standard InChI is InChI=1S/C12H20N6S/c1-9(2)14-10(7-13)8-19-12-15-16-17-18(12)11-5-3-4-6-11/h9-11,14H,3-6,8H2,1-2H3. The lowest BCUT2D eigenvalue weighted by molar-refractivity contribution is 0.423. The van der Waals surface area contributed by atoms with Gasteiger partial charge in [0.05, 0.1) is 12.1 Å². The zero-order valence-electron chi connectivity index (χ0n) is 11.4. The molecule has 0 spiro atoms. The summed E-state index contributed by atoms with van der Waals surface area (Å²) in [5, 5.41) is 25.1. The molecule has 1 fully saturated rings. The maximum Gasteiger partial charge on any atom is 0.209 e. The third-order valence-corrected chi connectivity index (χ3v) is 4.23. The Bertz CT molecular complexity index is 432. The largest absolute Gasteiger partial charge is 0.299 e. The van der Waals surface area contributed by atoms with Gasteiger partial charge in [-0.25, -0.2) is 4.68 Å². The van der Waals surface area contributed by atoms with Crippen molar-refractivity contribution < 1.29 is 0 Å². The Kier molecular flexibility index (Phi) is 5.16. The summed E-state index contributed by atoms with van der Waals surface area (Å²) in [5.74, 6) is 0.668. The van der Waals surface area contributed by atoms with E-state index < -0.39 is 0 Å². The maximum atomic E-state index is 9.10. The minimum absolute atomic E-state index is 0.168. The first-order valence-corrected chi connectivity index (χ1v) is 7.75. The van der Waals surface area contributed by atoms with Crippen molar-refractivity contribution in [2.24, 2.45) is 0 Å². The molecule has 0 aliphatic heterocycles. The second-order valence-electron chi connectivity index (χ2n) is 5.16. The van der Waals surface area contributed by atoms with Crippen LogP contribution in [0, 0.1) is 11.3 Å². The quantitative estimate of drug-likeness (QED) is 0.800. The fourth-order valence-corrected chi connectivity index (χ4v) is 3.24. The molecule has 6 nitrogen and oxygen atoms in total. The van der Waals surface area contributed by atoms with Crippen molar-refractivity contribution in [2.75, 3.05) is 5.75 Å². The normalized spacial score (nSPS) is 17.8. The smallest absolute Gasteiger partial charge is 0.209 e. The van der Waals surface area contributed by atoms with E-state index in [9.17, 15) is 0 Å². The van der Waals surface area contributed by atoms with E-state index in [1.165, 1.54) is 12.8 Å². The number of nitrogens with zero attached hydrogens (tertiary/aromatic N) is 5. The van der Waals surface area contributed by atoms with E-state index in [-0.39, 0.29) is 6.04 Å². The fourth-order valence-electron chi connectivity index (χ4n) is 2.34. The number of rotatable bonds is 6. The van der Waals surface area contributed by atoms with Crippen LogP contribution in [0.2, 0.25) is 0 Å². The van der Waals surface area contributed by atoms with Crippen molar-refractivity contribution in [3.63, 3.8) is 0 Å². The van der Waals surface area contributed by atoms with Crippen LogP contribution in [0.15, 0.2) is 5.16 Å². The van der Waals surface area contributed by atoms with Crippen LogP contribution in [-0.2, 0) is 0 Å². The van der Waals surface area contributed by atoms with Crippen LogP contribution < -0.4 is 5.32 Å². The van der Waals surface area contributed by atoms with E-state index in [4.69, 9.17) is 5.26 Å². The van der Waals surface area contributed by atoms with Gasteiger partial charge in [-0.2, -0.15) is 5.26 Å². The fraction of sp³-hybridized carbons (Fsp3) is 0.833. The van der Waals surface area contributed by atoms with Gasteiger partial charge in [0.2, 0.25) is 5.16 Å². The molecule has 0 aromatic carbocycles. The molecule has 2 rings (SSSR count). The Morgan fingerprint density at radius 2 is 2.21 bits per heavy atom. The van der Waals surface area contributed by atoms with Gasteiger partial charge in [0, 0.05) is 11.8 Å². The molecule has 1 aromatic heterocycles. The van der Waals surface area contributed by atoms with E-state index in [1.54, 1.807) is 11.8 Å². The van der Waals surface area contributed by atoms with E-state index in [1.807, 2.05) is 18.5 Å². The van der Waals surface area contributed by atoms with Crippen molar-refractivity contribution in [3.8, 4) is 6.07 Å². The molecule has 1 aromatic rings. The number of hydrogen-bond acceptors (Lipinski definition) is 6. The van der Waals surface area contributed by atoms with Gasteiger partial charge in [-0.05, 0) is 37.1 Å². The van der Waals surface area contributed by atoms with Gasteiger partial charge < -0.3 is 0 Å². The average Bonchev–Trinajstić information content (AvgIpc) is 3.03. The minimum Gasteiger partial charge on any atom is -0.299 e. The lowest BCUT2D eigenvalue weighted by Gasteiger charge is -2.15. The van der Waals surface area contributed by atoms with E-state index >= 15 is 0 Å². The third-order valence-electron chi connectivity index (χ3n) is 3.20. The van der Waals surface area contributed by atoms with Crippen LogP contribution in [-0.4, -0.2) is 38.0 Å². The van der Waals surface area contributed by atoms with Crippen LogP contribution in [0.3, 0.4) is 0 Å². The van der Waals surface area contributed by atoms with Crippen LogP contribution in [0.1, 0.15) is 45.6 Å². The van der Waals surface area contributed by atoms with E-state index in [2.05, 4.69) is 26.9 Å². The summed E-state index contributed by atoms with van der Waals surface area (Å²) >= 11 is 1.56. The Balaban J connectivity index is 1.92. The van der Waals surface area contributed by atoms with Gasteiger partial charge in [-0.3, -0.25) is 5.32 Å². The van der Waals surface area contributed by atoms with Crippen LogP contribution in [0.5, 0.6) is 0 Å². The molecule has 7 heteroatoms. The molecule has 1 unspecified atom stereocenters. The molecule has 0 saturated heterocycles. The lowest BCUT2D eigenvalue weighted by atomic mass is 10.3. The van der Waals surface area contributed by atoms with Gasteiger partial charge in [-0.15, -0.1) is 5.10 Å². The molecule has 1 heterocycles. The van der Waals surface area contributed by atoms with Crippen LogP contribution in [0.4, 0.5) is 0 Å². The zero-order valence-corrected chi connectivity index (χ0v) is 12.2. The van der Waals surface area contributed by atoms with Crippen LogP contribution >= 0.6 is 11.8 Å². The van der Waals surface area contributed by atoms with E-state index in [0.29, 0.717) is 17.8 Å². The number of hydrogen-bond donors (Lipinski definition) is 1. The Labute approximate surface area is 117 Å². The number of nitrogens with one attached hydrogen (secondary N) is 1. The molecule has 0 radical (unpaired) electrons. The Morgan fingerprint density at radius 3 is 2.84 bits per heavy atom. The molecular formula is C12H20N6S. The second-order valence-corrected chi connectivity index (χ2v) is 6.15. The topological polar surface area (TPSA) is 79.4 Å². The highest BCUT2D eigenvalue weighted by atomic mass is 32.2. The van der Waals surface area contributed by atoms with Crippen molar-refractivity contribution in [3.05, 3.63) is 0 Å². The van der Waals surface area contributed by atoms with Gasteiger partial charge >= 0.3 is 0 Å². The average molecular weight is 280 g/mol. The van der Waals surface area contributed by atoms with Crippen molar-refractivity contribution in [1.82, 2.24) is 25.5 Å². The van der Waals surface area contributed by atoms with Gasteiger partial charge in [0.1, 0.15) is 6.04 Å². The molecule has 104 valence electrons. The molecule has 0 amide bonds. The van der Waals surface area contributed by atoms with Crippen molar-refractivity contribution >= 4 is 11.8 Å². The van der Waals surface area contributed by atoms with Crippen molar-refractivity contribution in [1.29, 1.82) is 5.26 Å². The summed E-state index contributed by atoms with van der Waals surface area (Å²) in [4.78, 5) is 0. The van der Waals surface area contributed by atoms with E-state index in [0.717, 1.165) is 18.0 Å². The summed E-state index contributed by atoms with van der Waals surface area (Å²) in [6.45, 7) is 4.08. The number of tetrazole rings is 1. The minimum atomic E-state index is -0.168. The lowest BCUT2D eigenvalue weighted by Crippen LogP contribution is -2.35. The molecular weight excluding hydrogens is 260 g/mol. The Morgan fingerprint density at radius 1 is 1.47 bits per heavy atom. The zero-order chi connectivity index (χ0) is 13.7. The number of thioether (sulfide) groups is 1. The predicted molar refractivity (Wildman–Crippen MR) is 73.7 cm³/mol. The molecule has 1 saturated carbocycles. The van der Waals surface area contributed by atoms with Gasteiger partial charge in [0.15, 0.2) is 0 Å². The molecule has 19 heavy (non-hydrogen) atoms. The monoisotopic (exact) mass is 280 g/mol. The summed E-state index contributed by atoms with van der Waals surface area (Å²) in [6.07, 6.45) is 4.82. The van der Waals surface area contributed by atoms with Crippen molar-refractivity contribution in [2.45, 2.75) is 62.8 Å². The highest BCUT2D eigenvalue weighted by Gasteiger charge is 2.22. The second kappa shape index (κ2) is 6.87. The number of nitriles is 1. The first kappa shape index (κ1) is 14.3. The predicted octanol–water partition coefficient (Wildman–Crippen LogP) is 1.77. The SMILES string of the molecule is CC(C)NC(C#N)CSc1nnnn1C1CCCC1.